The second kappa shape index (κ2) is 9.81. The van der Waals surface area contributed by atoms with Gasteiger partial charge in [0.05, 0.1) is 30.0 Å². The smallest absolute Gasteiger partial charge is 0.418 e. The summed E-state index contributed by atoms with van der Waals surface area (Å²) in [6.07, 6.45) is -2.22. The summed E-state index contributed by atoms with van der Waals surface area (Å²) in [4.78, 5) is 24.4. The number of halogens is 3. The first-order valence-corrected chi connectivity index (χ1v) is 10.2. The number of carbonyl (C=O) groups is 2. The lowest BCUT2D eigenvalue weighted by Crippen LogP contribution is -2.32. The lowest BCUT2D eigenvalue weighted by Gasteiger charge is -2.18. The van der Waals surface area contributed by atoms with Crippen LogP contribution in [-0.4, -0.2) is 18.4 Å². The Balaban J connectivity index is 1.67. The molecule has 0 saturated heterocycles. The highest BCUT2D eigenvalue weighted by atomic mass is 19.4. The molecule has 3 N–H and O–H groups in total. The Kier molecular flexibility index (Phi) is 7.10. The van der Waals surface area contributed by atoms with Gasteiger partial charge in [0.15, 0.2) is 0 Å². The van der Waals surface area contributed by atoms with Gasteiger partial charge in [-0.1, -0.05) is 18.2 Å². The molecule has 33 heavy (non-hydrogen) atoms. The molecule has 9 heteroatoms. The van der Waals surface area contributed by atoms with E-state index in [-0.39, 0.29) is 29.5 Å². The number of amides is 2. The topological polar surface area (TPSA) is 83.4 Å². The molecule has 6 nitrogen and oxygen atoms in total. The zero-order chi connectivity index (χ0) is 24.2. The van der Waals surface area contributed by atoms with Gasteiger partial charge in [-0.2, -0.15) is 13.2 Å². The lowest BCUT2D eigenvalue weighted by atomic mass is 10.0. The Bertz CT molecular complexity index is 1140. The van der Waals surface area contributed by atoms with E-state index in [0.717, 1.165) is 22.8 Å². The van der Waals surface area contributed by atoms with Gasteiger partial charge in [0.25, 0.3) is 5.91 Å². The number of anilines is 2. The summed E-state index contributed by atoms with van der Waals surface area (Å²) in [5.41, 5.74) is 2.00. The number of hydrogen-bond donors (Lipinski definition) is 3. The fraction of sp³-hybridized carbons (Fsp3) is 0.250. The van der Waals surface area contributed by atoms with Crippen molar-refractivity contribution in [3.8, 4) is 0 Å². The summed E-state index contributed by atoms with van der Waals surface area (Å²) in [7, 11) is 0. The third kappa shape index (κ3) is 6.15. The summed E-state index contributed by atoms with van der Waals surface area (Å²) < 4.78 is 45.6. The van der Waals surface area contributed by atoms with Crippen LogP contribution < -0.4 is 16.0 Å². The summed E-state index contributed by atoms with van der Waals surface area (Å²) >= 11 is 0. The van der Waals surface area contributed by atoms with Gasteiger partial charge in [-0.25, -0.2) is 0 Å². The van der Waals surface area contributed by atoms with Crippen LogP contribution in [0.4, 0.5) is 24.5 Å². The highest BCUT2D eigenvalue weighted by Gasteiger charge is 2.34. The SMILES string of the molecule is Cc1ccc(C(C)NC(=O)CNc2ccc(NC(=O)c3ccoc3)cc2C(F)(F)F)cc1C. The average molecular weight is 459 g/mol. The minimum absolute atomic E-state index is 0.0353. The van der Waals surface area contributed by atoms with Crippen LogP contribution >= 0.6 is 0 Å². The van der Waals surface area contributed by atoms with E-state index < -0.39 is 23.6 Å². The van der Waals surface area contributed by atoms with Gasteiger partial charge in [0.1, 0.15) is 6.26 Å². The van der Waals surface area contributed by atoms with E-state index in [1.165, 1.54) is 30.7 Å². The van der Waals surface area contributed by atoms with Gasteiger partial charge in [0.2, 0.25) is 5.91 Å². The van der Waals surface area contributed by atoms with Crippen molar-refractivity contribution in [2.45, 2.75) is 33.0 Å². The third-order valence-electron chi connectivity index (χ3n) is 5.21. The molecule has 2 amide bonds. The van der Waals surface area contributed by atoms with Gasteiger partial charge >= 0.3 is 6.18 Å². The molecule has 3 aromatic rings. The Morgan fingerprint density at radius 3 is 2.42 bits per heavy atom. The molecule has 1 aromatic heterocycles. The molecule has 0 fully saturated rings. The fourth-order valence-electron chi connectivity index (χ4n) is 3.19. The molecule has 1 heterocycles. The van der Waals surface area contributed by atoms with Crippen molar-refractivity contribution in [1.82, 2.24) is 5.32 Å². The zero-order valence-electron chi connectivity index (χ0n) is 18.3. The Labute approximate surface area is 189 Å². The number of rotatable bonds is 7. The van der Waals surface area contributed by atoms with E-state index in [1.807, 2.05) is 32.0 Å². The molecule has 0 spiro atoms. The van der Waals surface area contributed by atoms with Crippen LogP contribution in [0.1, 0.15) is 45.6 Å². The molecule has 2 aromatic carbocycles. The van der Waals surface area contributed by atoms with Gasteiger partial charge in [-0.15, -0.1) is 0 Å². The Hall–Kier alpha value is -3.75. The van der Waals surface area contributed by atoms with Crippen molar-refractivity contribution in [3.63, 3.8) is 0 Å². The maximum Gasteiger partial charge on any atom is 0.418 e. The second-order valence-corrected chi connectivity index (χ2v) is 7.71. The number of hydrogen-bond acceptors (Lipinski definition) is 4. The van der Waals surface area contributed by atoms with Gasteiger partial charge < -0.3 is 20.4 Å². The molecule has 0 aliphatic heterocycles. The Morgan fingerprint density at radius 1 is 1.03 bits per heavy atom. The molecule has 0 bridgehead atoms. The summed E-state index contributed by atoms with van der Waals surface area (Å²) in [5, 5.41) is 7.72. The number of aryl methyl sites for hydroxylation is 2. The predicted molar refractivity (Wildman–Crippen MR) is 119 cm³/mol. The Morgan fingerprint density at radius 2 is 1.79 bits per heavy atom. The van der Waals surface area contributed by atoms with Crippen LogP contribution in [0, 0.1) is 13.8 Å². The van der Waals surface area contributed by atoms with Crippen molar-refractivity contribution in [2.75, 3.05) is 17.2 Å². The van der Waals surface area contributed by atoms with Crippen molar-refractivity contribution < 1.29 is 27.2 Å². The minimum Gasteiger partial charge on any atom is -0.472 e. The van der Waals surface area contributed by atoms with E-state index >= 15 is 0 Å². The standard InChI is InChI=1S/C24H24F3N3O3/c1-14-4-5-17(10-15(14)2)16(3)29-22(31)12-28-21-7-6-19(11-20(21)24(25,26)27)30-23(32)18-8-9-33-13-18/h4-11,13,16,28H,12H2,1-3H3,(H,29,31)(H,30,32). The van der Waals surface area contributed by atoms with Crippen LogP contribution in [0.3, 0.4) is 0 Å². The van der Waals surface area contributed by atoms with Crippen LogP contribution in [-0.2, 0) is 11.0 Å². The first-order chi connectivity index (χ1) is 15.5. The quantitative estimate of drug-likeness (QED) is 0.438. The van der Waals surface area contributed by atoms with Crippen molar-refractivity contribution >= 4 is 23.2 Å². The molecule has 0 radical (unpaired) electrons. The van der Waals surface area contributed by atoms with E-state index in [4.69, 9.17) is 4.42 Å². The van der Waals surface area contributed by atoms with Gasteiger partial charge in [-0.3, -0.25) is 9.59 Å². The normalized spacial score (nSPS) is 12.2. The summed E-state index contributed by atoms with van der Waals surface area (Å²) in [6.45, 7) is 5.41. The average Bonchev–Trinajstić information content (AvgIpc) is 3.29. The molecular weight excluding hydrogens is 435 g/mol. The van der Waals surface area contributed by atoms with E-state index in [0.29, 0.717) is 0 Å². The maximum atomic E-state index is 13.6. The molecule has 1 atom stereocenters. The zero-order valence-corrected chi connectivity index (χ0v) is 18.3. The number of nitrogens with one attached hydrogen (secondary N) is 3. The number of benzene rings is 2. The van der Waals surface area contributed by atoms with Crippen LogP contribution in [0.25, 0.3) is 0 Å². The van der Waals surface area contributed by atoms with Crippen LogP contribution in [0.5, 0.6) is 0 Å². The lowest BCUT2D eigenvalue weighted by molar-refractivity contribution is -0.137. The first kappa shape index (κ1) is 23.9. The van der Waals surface area contributed by atoms with Crippen molar-refractivity contribution in [2.24, 2.45) is 0 Å². The minimum atomic E-state index is -4.69. The summed E-state index contributed by atoms with van der Waals surface area (Å²) in [5.74, 6) is -1.05. The van der Waals surface area contributed by atoms with Crippen LogP contribution in [0.15, 0.2) is 59.4 Å². The molecule has 0 aliphatic rings. The second-order valence-electron chi connectivity index (χ2n) is 7.71. The maximum absolute atomic E-state index is 13.6. The summed E-state index contributed by atoms with van der Waals surface area (Å²) in [6, 6.07) is 10.2. The molecule has 0 aliphatic carbocycles. The van der Waals surface area contributed by atoms with Crippen LogP contribution in [0.2, 0.25) is 0 Å². The molecule has 0 saturated carbocycles. The van der Waals surface area contributed by atoms with Gasteiger partial charge in [-0.05, 0) is 61.7 Å². The van der Waals surface area contributed by atoms with Crippen molar-refractivity contribution in [3.05, 3.63) is 82.8 Å². The number of carbonyl (C=O) groups excluding carboxylic acids is 2. The molecule has 3 rings (SSSR count). The molecule has 174 valence electrons. The van der Waals surface area contributed by atoms with Crippen molar-refractivity contribution in [1.29, 1.82) is 0 Å². The van der Waals surface area contributed by atoms with E-state index in [9.17, 15) is 22.8 Å². The highest BCUT2D eigenvalue weighted by molar-refractivity contribution is 6.04. The largest absolute Gasteiger partial charge is 0.472 e. The molecule has 1 unspecified atom stereocenters. The van der Waals surface area contributed by atoms with E-state index in [2.05, 4.69) is 16.0 Å². The fourth-order valence-corrected chi connectivity index (χ4v) is 3.19. The first-order valence-electron chi connectivity index (χ1n) is 10.2. The monoisotopic (exact) mass is 459 g/mol. The van der Waals surface area contributed by atoms with E-state index in [1.54, 1.807) is 6.92 Å². The number of alkyl halides is 3. The highest BCUT2D eigenvalue weighted by Crippen LogP contribution is 2.36. The number of furan rings is 1. The molecular formula is C24H24F3N3O3. The predicted octanol–water partition coefficient (Wildman–Crippen LogP) is 5.46. The third-order valence-corrected chi connectivity index (χ3v) is 5.21. The van der Waals surface area contributed by atoms with Gasteiger partial charge in [0, 0.05) is 11.4 Å².